The highest BCUT2D eigenvalue weighted by Crippen LogP contribution is 2.17. The van der Waals surface area contributed by atoms with Crippen molar-refractivity contribution in [3.8, 4) is 0 Å². The second-order valence-corrected chi connectivity index (χ2v) is 6.98. The van der Waals surface area contributed by atoms with Crippen LogP contribution in [0.15, 0.2) is 82.2 Å². The summed E-state index contributed by atoms with van der Waals surface area (Å²) in [5, 5.41) is 7.79. The van der Waals surface area contributed by atoms with Crippen LogP contribution in [0, 0.1) is 0 Å². The fraction of sp³-hybridized carbons (Fsp3) is 0.130. The topological polar surface area (TPSA) is 97.4 Å². The number of hydrogen-bond acceptors (Lipinski definition) is 5. The quantitative estimate of drug-likeness (QED) is 0.521. The first-order chi connectivity index (χ1) is 15.0. The van der Waals surface area contributed by atoms with Crippen molar-refractivity contribution < 1.29 is 14.0 Å². The zero-order valence-electron chi connectivity index (χ0n) is 16.8. The number of benzene rings is 2. The molecule has 2 heterocycles. The number of anilines is 1. The van der Waals surface area contributed by atoms with E-state index in [2.05, 4.69) is 10.4 Å². The van der Waals surface area contributed by atoms with Crippen LogP contribution in [-0.2, 0) is 18.4 Å². The lowest BCUT2D eigenvalue weighted by Gasteiger charge is -2.21. The predicted molar refractivity (Wildman–Crippen MR) is 116 cm³/mol. The number of carbonyl (C=O) groups is 2. The zero-order chi connectivity index (χ0) is 21.8. The molecule has 2 amide bonds. The van der Waals surface area contributed by atoms with Gasteiger partial charge in [-0.05, 0) is 30.3 Å². The molecule has 0 saturated heterocycles. The van der Waals surface area contributed by atoms with E-state index in [4.69, 9.17) is 4.42 Å². The lowest BCUT2D eigenvalue weighted by molar-refractivity contribution is -0.117. The van der Waals surface area contributed by atoms with Crippen molar-refractivity contribution in [3.05, 3.63) is 94.8 Å². The molecule has 2 aromatic carbocycles. The molecule has 0 spiro atoms. The van der Waals surface area contributed by atoms with Crippen LogP contribution in [0.4, 0.5) is 5.69 Å². The molecule has 4 rings (SSSR count). The van der Waals surface area contributed by atoms with Gasteiger partial charge in [0.25, 0.3) is 11.5 Å². The third-order valence-corrected chi connectivity index (χ3v) is 4.77. The number of nitrogens with one attached hydrogen (secondary N) is 1. The van der Waals surface area contributed by atoms with E-state index in [0.717, 1.165) is 4.68 Å². The van der Waals surface area contributed by atoms with E-state index in [0.29, 0.717) is 22.2 Å². The molecule has 4 aromatic rings. The number of carbonyl (C=O) groups excluding carboxylic acids is 2. The van der Waals surface area contributed by atoms with Crippen molar-refractivity contribution in [2.24, 2.45) is 7.05 Å². The first-order valence-corrected chi connectivity index (χ1v) is 9.65. The molecule has 0 atom stereocenters. The number of nitrogens with zero attached hydrogens (tertiary/aromatic N) is 3. The molecule has 8 heteroatoms. The maximum Gasteiger partial charge on any atom is 0.275 e. The number of amides is 2. The van der Waals surface area contributed by atoms with E-state index < -0.39 is 5.91 Å². The Balaban J connectivity index is 1.68. The largest absolute Gasteiger partial charge is 0.467 e. The molecule has 0 aliphatic rings. The number of fused-ring (bicyclic) bond motifs is 1. The minimum atomic E-state index is -0.480. The van der Waals surface area contributed by atoms with Crippen LogP contribution in [0.25, 0.3) is 10.8 Å². The van der Waals surface area contributed by atoms with E-state index in [1.165, 1.54) is 18.2 Å². The van der Waals surface area contributed by atoms with Crippen LogP contribution in [0.3, 0.4) is 0 Å². The molecule has 0 saturated carbocycles. The number of furan rings is 1. The SMILES string of the molecule is Cn1nc(C(=O)N(CC(=O)Nc2ccccc2)Cc2ccco2)c2ccccc2c1=O. The van der Waals surface area contributed by atoms with Gasteiger partial charge in [0.1, 0.15) is 12.3 Å². The Hall–Kier alpha value is -4.20. The van der Waals surface area contributed by atoms with Crippen molar-refractivity contribution in [2.45, 2.75) is 6.54 Å². The van der Waals surface area contributed by atoms with E-state index in [9.17, 15) is 14.4 Å². The summed E-state index contributed by atoms with van der Waals surface area (Å²) >= 11 is 0. The number of rotatable bonds is 6. The average molecular weight is 416 g/mol. The lowest BCUT2D eigenvalue weighted by atomic mass is 10.1. The Morgan fingerprint density at radius 2 is 1.71 bits per heavy atom. The average Bonchev–Trinajstić information content (AvgIpc) is 3.29. The van der Waals surface area contributed by atoms with E-state index in [1.807, 2.05) is 18.2 Å². The highest BCUT2D eigenvalue weighted by molar-refractivity contribution is 6.06. The standard InChI is InChI=1S/C23H20N4O4/c1-26-22(29)19-12-6-5-11-18(19)21(25-26)23(30)27(14-17-10-7-13-31-17)15-20(28)24-16-8-3-2-4-9-16/h2-13H,14-15H2,1H3,(H,24,28). The highest BCUT2D eigenvalue weighted by Gasteiger charge is 2.24. The Kier molecular flexibility index (Phi) is 5.61. The highest BCUT2D eigenvalue weighted by atomic mass is 16.3. The molecule has 0 unspecified atom stereocenters. The molecule has 8 nitrogen and oxygen atoms in total. The summed E-state index contributed by atoms with van der Waals surface area (Å²) in [5.74, 6) is -0.318. The Bertz CT molecular complexity index is 1280. The summed E-state index contributed by atoms with van der Waals surface area (Å²) in [6, 6.07) is 19.2. The number of hydrogen-bond donors (Lipinski definition) is 1. The molecular formula is C23H20N4O4. The second kappa shape index (κ2) is 8.66. The van der Waals surface area contributed by atoms with Crippen LogP contribution in [0.5, 0.6) is 0 Å². The molecular weight excluding hydrogens is 396 g/mol. The fourth-order valence-corrected chi connectivity index (χ4v) is 3.29. The Morgan fingerprint density at radius 1 is 1.00 bits per heavy atom. The summed E-state index contributed by atoms with van der Waals surface area (Å²) < 4.78 is 6.51. The maximum absolute atomic E-state index is 13.5. The third kappa shape index (κ3) is 4.37. The molecule has 0 aliphatic carbocycles. The first-order valence-electron chi connectivity index (χ1n) is 9.65. The third-order valence-electron chi connectivity index (χ3n) is 4.77. The summed E-state index contributed by atoms with van der Waals surface area (Å²) in [6.07, 6.45) is 1.50. The van der Waals surface area contributed by atoms with Crippen LogP contribution < -0.4 is 10.9 Å². The van der Waals surface area contributed by atoms with Crippen LogP contribution in [0.2, 0.25) is 0 Å². The van der Waals surface area contributed by atoms with Crippen molar-refractivity contribution in [1.82, 2.24) is 14.7 Å². The first kappa shape index (κ1) is 20.1. The monoisotopic (exact) mass is 416 g/mol. The summed E-state index contributed by atoms with van der Waals surface area (Å²) in [5.41, 5.74) is 0.423. The Labute approximate surface area is 177 Å². The normalized spacial score (nSPS) is 10.7. The van der Waals surface area contributed by atoms with Gasteiger partial charge in [-0.25, -0.2) is 4.68 Å². The minimum Gasteiger partial charge on any atom is -0.467 e. The van der Waals surface area contributed by atoms with Crippen molar-refractivity contribution in [1.29, 1.82) is 0 Å². The molecule has 0 aliphatic heterocycles. The van der Waals surface area contributed by atoms with E-state index in [1.54, 1.807) is 48.5 Å². The van der Waals surface area contributed by atoms with Gasteiger partial charge in [-0.2, -0.15) is 5.10 Å². The molecule has 0 bridgehead atoms. The smallest absolute Gasteiger partial charge is 0.275 e. The molecule has 0 fully saturated rings. The summed E-state index contributed by atoms with van der Waals surface area (Å²) in [7, 11) is 1.49. The van der Waals surface area contributed by atoms with Crippen molar-refractivity contribution in [2.75, 3.05) is 11.9 Å². The van der Waals surface area contributed by atoms with Gasteiger partial charge >= 0.3 is 0 Å². The van der Waals surface area contributed by atoms with Gasteiger partial charge in [0.15, 0.2) is 5.69 Å². The molecule has 0 radical (unpaired) electrons. The molecule has 156 valence electrons. The number of aromatic nitrogens is 2. The molecule has 31 heavy (non-hydrogen) atoms. The predicted octanol–water partition coefficient (Wildman–Crippen LogP) is 2.81. The summed E-state index contributed by atoms with van der Waals surface area (Å²) in [6.45, 7) is -0.139. The van der Waals surface area contributed by atoms with Crippen molar-refractivity contribution >= 4 is 28.3 Å². The van der Waals surface area contributed by atoms with Gasteiger partial charge in [-0.15, -0.1) is 0 Å². The van der Waals surface area contributed by atoms with Crippen molar-refractivity contribution in [3.63, 3.8) is 0 Å². The number of para-hydroxylation sites is 1. The molecule has 1 N–H and O–H groups in total. The second-order valence-electron chi connectivity index (χ2n) is 6.98. The number of aryl methyl sites for hydroxylation is 1. The zero-order valence-corrected chi connectivity index (χ0v) is 16.8. The lowest BCUT2D eigenvalue weighted by Crippen LogP contribution is -2.39. The summed E-state index contributed by atoms with van der Waals surface area (Å²) in [4.78, 5) is 39.9. The van der Waals surface area contributed by atoms with Crippen LogP contribution in [-0.4, -0.2) is 33.0 Å². The minimum absolute atomic E-state index is 0.0763. The van der Waals surface area contributed by atoms with E-state index >= 15 is 0 Å². The van der Waals surface area contributed by atoms with E-state index in [-0.39, 0.29) is 30.2 Å². The van der Waals surface area contributed by atoms with Gasteiger partial charge in [0.05, 0.1) is 18.2 Å². The van der Waals surface area contributed by atoms with Crippen LogP contribution in [0.1, 0.15) is 16.2 Å². The van der Waals surface area contributed by atoms with Gasteiger partial charge < -0.3 is 14.6 Å². The van der Waals surface area contributed by atoms with Gasteiger partial charge in [0.2, 0.25) is 5.91 Å². The van der Waals surface area contributed by atoms with Gasteiger partial charge in [-0.3, -0.25) is 14.4 Å². The fourth-order valence-electron chi connectivity index (χ4n) is 3.29. The maximum atomic E-state index is 13.5. The van der Waals surface area contributed by atoms with Gasteiger partial charge in [-0.1, -0.05) is 36.4 Å². The van der Waals surface area contributed by atoms with Gasteiger partial charge in [0, 0.05) is 18.1 Å². The Morgan fingerprint density at radius 3 is 2.42 bits per heavy atom. The molecule has 2 aromatic heterocycles. The van der Waals surface area contributed by atoms with Crippen LogP contribution >= 0.6 is 0 Å².